The first-order valence-corrected chi connectivity index (χ1v) is 8.91. The number of aryl methyl sites for hydroxylation is 2. The number of likely N-dealkylation sites (N-methyl/N-ethyl adjacent to an activating group) is 1. The molecule has 0 saturated carbocycles. The van der Waals surface area contributed by atoms with E-state index in [9.17, 15) is 9.59 Å². The minimum Gasteiger partial charge on any atom is -0.491 e. The third-order valence-electron chi connectivity index (χ3n) is 3.78. The molecule has 140 valence electrons. The Morgan fingerprint density at radius 1 is 1.16 bits per heavy atom. The molecule has 0 saturated heterocycles. The van der Waals surface area contributed by atoms with Crippen molar-refractivity contribution in [1.82, 2.24) is 10.6 Å². The van der Waals surface area contributed by atoms with Gasteiger partial charge in [-0.25, -0.2) is 0 Å². The van der Waals surface area contributed by atoms with Gasteiger partial charge in [0, 0.05) is 6.04 Å². The van der Waals surface area contributed by atoms with Gasteiger partial charge < -0.3 is 20.3 Å². The van der Waals surface area contributed by atoms with Crippen molar-refractivity contribution in [3.05, 3.63) is 29.3 Å². The van der Waals surface area contributed by atoms with Gasteiger partial charge in [0.25, 0.3) is 11.8 Å². The highest BCUT2D eigenvalue weighted by atomic mass is 16.5. The molecule has 0 aliphatic carbocycles. The second-order valence-corrected chi connectivity index (χ2v) is 6.65. The summed E-state index contributed by atoms with van der Waals surface area (Å²) in [5.41, 5.74) is 2.28. The summed E-state index contributed by atoms with van der Waals surface area (Å²) in [6.45, 7) is 12.0. The van der Waals surface area contributed by atoms with Crippen LogP contribution < -0.4 is 20.3 Å². The number of ether oxygens (including phenoxy) is 1. The van der Waals surface area contributed by atoms with Gasteiger partial charge in [0.2, 0.25) is 0 Å². The van der Waals surface area contributed by atoms with E-state index in [2.05, 4.69) is 16.7 Å². The van der Waals surface area contributed by atoms with Gasteiger partial charge in [-0.1, -0.05) is 17.7 Å². The number of quaternary nitrogens is 1. The Bertz CT molecular complexity index is 573. The molecule has 0 spiro atoms. The smallest absolute Gasteiger partial charge is 0.275 e. The number of nitrogens with one attached hydrogen (secondary N) is 3. The van der Waals surface area contributed by atoms with E-state index in [1.807, 2.05) is 46.8 Å². The summed E-state index contributed by atoms with van der Waals surface area (Å²) >= 11 is 0. The van der Waals surface area contributed by atoms with E-state index in [0.717, 1.165) is 22.8 Å². The molecule has 0 aromatic heterocycles. The van der Waals surface area contributed by atoms with Gasteiger partial charge in [-0.3, -0.25) is 9.59 Å². The minimum atomic E-state index is -0.0709. The Kier molecular flexibility index (Phi) is 8.99. The van der Waals surface area contributed by atoms with Crippen molar-refractivity contribution < 1.29 is 19.2 Å². The van der Waals surface area contributed by atoms with Crippen molar-refractivity contribution in [2.75, 3.05) is 32.8 Å². The van der Waals surface area contributed by atoms with E-state index in [0.29, 0.717) is 19.7 Å². The van der Waals surface area contributed by atoms with E-state index in [4.69, 9.17) is 4.74 Å². The Balaban J connectivity index is 2.29. The van der Waals surface area contributed by atoms with Crippen molar-refractivity contribution in [2.45, 2.75) is 40.7 Å². The van der Waals surface area contributed by atoms with Crippen molar-refractivity contribution in [3.63, 3.8) is 0 Å². The fourth-order valence-electron chi connectivity index (χ4n) is 2.51. The summed E-state index contributed by atoms with van der Waals surface area (Å²) in [5, 5.41) is 5.70. The predicted molar refractivity (Wildman–Crippen MR) is 98.9 cm³/mol. The number of carbonyl (C=O) groups is 2. The lowest BCUT2D eigenvalue weighted by Gasteiger charge is -2.18. The van der Waals surface area contributed by atoms with E-state index < -0.39 is 0 Å². The molecular weight excluding hydrogens is 318 g/mol. The monoisotopic (exact) mass is 350 g/mol. The summed E-state index contributed by atoms with van der Waals surface area (Å²) in [7, 11) is 0. The minimum absolute atomic E-state index is 0.0298. The third-order valence-corrected chi connectivity index (χ3v) is 3.78. The number of amides is 2. The summed E-state index contributed by atoms with van der Waals surface area (Å²) in [6.07, 6.45) is 0. The topological polar surface area (TPSA) is 71.9 Å². The average molecular weight is 350 g/mol. The molecule has 1 atom stereocenters. The van der Waals surface area contributed by atoms with Gasteiger partial charge in [0.15, 0.2) is 13.1 Å². The highest BCUT2D eigenvalue weighted by molar-refractivity contribution is 5.79. The summed E-state index contributed by atoms with van der Waals surface area (Å²) < 4.78 is 5.70. The Labute approximate surface area is 150 Å². The fraction of sp³-hybridized carbons (Fsp3) is 0.579. The van der Waals surface area contributed by atoms with E-state index in [-0.39, 0.29) is 24.4 Å². The van der Waals surface area contributed by atoms with Gasteiger partial charge in [-0.2, -0.15) is 0 Å². The number of rotatable bonds is 10. The first kappa shape index (κ1) is 21.0. The molecule has 1 unspecified atom stereocenters. The van der Waals surface area contributed by atoms with Gasteiger partial charge in [0.1, 0.15) is 12.4 Å². The van der Waals surface area contributed by atoms with Crippen molar-refractivity contribution >= 4 is 11.8 Å². The van der Waals surface area contributed by atoms with Crippen LogP contribution in [0.2, 0.25) is 0 Å². The molecule has 0 radical (unpaired) electrons. The molecule has 0 bridgehead atoms. The quantitative estimate of drug-likeness (QED) is 0.529. The highest BCUT2D eigenvalue weighted by Gasteiger charge is 2.16. The molecule has 25 heavy (non-hydrogen) atoms. The first-order valence-electron chi connectivity index (χ1n) is 8.91. The number of hydrogen-bond acceptors (Lipinski definition) is 3. The standard InChI is InChI=1S/C19H31N3O3/c1-6-22(13-19(24)21-14(2)3)12-18(23)20-9-10-25-17-8-7-15(4)11-16(17)5/h7-8,11,14H,6,9-10,12-13H2,1-5H3,(H,20,23)(H,21,24)/p+1. The molecule has 6 heteroatoms. The van der Waals surface area contributed by atoms with E-state index in [1.54, 1.807) is 0 Å². The lowest BCUT2D eigenvalue weighted by molar-refractivity contribution is -0.881. The maximum atomic E-state index is 12.0. The van der Waals surface area contributed by atoms with Crippen LogP contribution in [-0.2, 0) is 9.59 Å². The Hall–Kier alpha value is -2.08. The van der Waals surface area contributed by atoms with Gasteiger partial charge in [-0.05, 0) is 46.2 Å². The van der Waals surface area contributed by atoms with Crippen molar-refractivity contribution in [1.29, 1.82) is 0 Å². The summed E-state index contributed by atoms with van der Waals surface area (Å²) in [5.74, 6) is 0.738. The van der Waals surface area contributed by atoms with Crippen molar-refractivity contribution in [3.8, 4) is 5.75 Å². The zero-order valence-corrected chi connectivity index (χ0v) is 16.1. The number of hydrogen-bond donors (Lipinski definition) is 3. The summed E-state index contributed by atoms with van der Waals surface area (Å²) in [6, 6.07) is 6.13. The largest absolute Gasteiger partial charge is 0.491 e. The molecule has 6 nitrogen and oxygen atoms in total. The SMILES string of the molecule is CC[NH+](CC(=O)NCCOc1ccc(C)cc1C)CC(=O)NC(C)C. The molecular formula is C19H32N3O3+. The first-order chi connectivity index (χ1) is 11.8. The lowest BCUT2D eigenvalue weighted by Crippen LogP contribution is -3.14. The number of benzene rings is 1. The van der Waals surface area contributed by atoms with Gasteiger partial charge in [0.05, 0.1) is 13.1 Å². The van der Waals surface area contributed by atoms with Crippen LogP contribution in [0.1, 0.15) is 31.9 Å². The Morgan fingerprint density at radius 3 is 2.44 bits per heavy atom. The van der Waals surface area contributed by atoms with E-state index >= 15 is 0 Å². The van der Waals surface area contributed by atoms with Crippen LogP contribution in [0, 0.1) is 13.8 Å². The molecule has 0 heterocycles. The molecule has 1 rings (SSSR count). The maximum absolute atomic E-state index is 12.0. The molecule has 1 aromatic carbocycles. The average Bonchev–Trinajstić information content (AvgIpc) is 2.51. The van der Waals surface area contributed by atoms with Gasteiger partial charge in [-0.15, -0.1) is 0 Å². The Morgan fingerprint density at radius 2 is 1.84 bits per heavy atom. The number of carbonyl (C=O) groups excluding carboxylic acids is 2. The molecule has 0 aliphatic heterocycles. The molecule has 2 amide bonds. The normalized spacial score (nSPS) is 11.9. The van der Waals surface area contributed by atoms with Crippen LogP contribution >= 0.6 is 0 Å². The second kappa shape index (κ2) is 10.7. The van der Waals surface area contributed by atoms with Crippen LogP contribution in [0.5, 0.6) is 5.75 Å². The zero-order valence-electron chi connectivity index (χ0n) is 16.1. The lowest BCUT2D eigenvalue weighted by atomic mass is 10.1. The highest BCUT2D eigenvalue weighted by Crippen LogP contribution is 2.18. The van der Waals surface area contributed by atoms with Crippen LogP contribution in [-0.4, -0.2) is 50.6 Å². The van der Waals surface area contributed by atoms with Crippen LogP contribution in [0.15, 0.2) is 18.2 Å². The molecule has 0 aliphatic rings. The molecule has 1 aromatic rings. The maximum Gasteiger partial charge on any atom is 0.275 e. The van der Waals surface area contributed by atoms with Crippen molar-refractivity contribution in [2.24, 2.45) is 0 Å². The van der Waals surface area contributed by atoms with Crippen LogP contribution in [0.4, 0.5) is 0 Å². The molecule has 3 N–H and O–H groups in total. The van der Waals surface area contributed by atoms with Gasteiger partial charge >= 0.3 is 0 Å². The van der Waals surface area contributed by atoms with Crippen LogP contribution in [0.25, 0.3) is 0 Å². The zero-order chi connectivity index (χ0) is 18.8. The fourth-order valence-corrected chi connectivity index (χ4v) is 2.51. The second-order valence-electron chi connectivity index (χ2n) is 6.65. The molecule has 0 fully saturated rings. The van der Waals surface area contributed by atoms with Crippen LogP contribution in [0.3, 0.4) is 0 Å². The summed E-state index contributed by atoms with van der Waals surface area (Å²) in [4.78, 5) is 24.7. The third kappa shape index (κ3) is 8.54. The predicted octanol–water partition coefficient (Wildman–Crippen LogP) is 0.228. The van der Waals surface area contributed by atoms with E-state index in [1.165, 1.54) is 5.56 Å².